The second-order valence-electron chi connectivity index (χ2n) is 4.29. The third kappa shape index (κ3) is 3.58. The Labute approximate surface area is 112 Å². The lowest BCUT2D eigenvalue weighted by atomic mass is 10.1. The summed E-state index contributed by atoms with van der Waals surface area (Å²) >= 11 is 0. The van der Waals surface area contributed by atoms with Crippen LogP contribution in [0, 0.1) is 6.92 Å². The van der Waals surface area contributed by atoms with Crippen LogP contribution in [0.4, 0.5) is 0 Å². The van der Waals surface area contributed by atoms with Crippen molar-refractivity contribution >= 4 is 5.97 Å². The molecule has 0 amide bonds. The van der Waals surface area contributed by atoms with Crippen LogP contribution in [-0.4, -0.2) is 13.1 Å². The average molecular weight is 256 g/mol. The van der Waals surface area contributed by atoms with Crippen LogP contribution >= 0.6 is 0 Å². The molecule has 0 aromatic heterocycles. The number of carbonyl (C=O) groups is 1. The lowest BCUT2D eigenvalue weighted by Gasteiger charge is -2.07. The van der Waals surface area contributed by atoms with E-state index in [-0.39, 0.29) is 5.97 Å². The highest BCUT2D eigenvalue weighted by atomic mass is 16.5. The van der Waals surface area contributed by atoms with Crippen LogP contribution in [0.5, 0.6) is 5.75 Å². The Morgan fingerprint density at radius 3 is 2.53 bits per heavy atom. The van der Waals surface area contributed by atoms with Crippen molar-refractivity contribution in [2.45, 2.75) is 13.5 Å². The summed E-state index contributed by atoms with van der Waals surface area (Å²) in [6.45, 7) is 2.46. The molecule has 19 heavy (non-hydrogen) atoms. The Bertz CT molecular complexity index is 558. The van der Waals surface area contributed by atoms with Crippen LogP contribution in [0.3, 0.4) is 0 Å². The van der Waals surface area contributed by atoms with Gasteiger partial charge in [0.05, 0.1) is 12.7 Å². The number of ether oxygens (including phenoxy) is 2. The molecule has 0 fully saturated rings. The lowest BCUT2D eigenvalue weighted by Crippen LogP contribution is -2.03. The van der Waals surface area contributed by atoms with Gasteiger partial charge in [-0.1, -0.05) is 29.8 Å². The largest absolute Gasteiger partial charge is 0.489 e. The summed E-state index contributed by atoms with van der Waals surface area (Å²) in [4.78, 5) is 11.4. The smallest absolute Gasteiger partial charge is 0.337 e. The molecule has 0 heterocycles. The van der Waals surface area contributed by atoms with Crippen molar-refractivity contribution in [3.05, 3.63) is 65.2 Å². The molecule has 0 aliphatic rings. The fraction of sp³-hybridized carbons (Fsp3) is 0.188. The van der Waals surface area contributed by atoms with Gasteiger partial charge in [0.1, 0.15) is 12.4 Å². The monoisotopic (exact) mass is 256 g/mol. The molecule has 0 atom stereocenters. The van der Waals surface area contributed by atoms with E-state index >= 15 is 0 Å². The summed E-state index contributed by atoms with van der Waals surface area (Å²) in [5.74, 6) is 0.478. The van der Waals surface area contributed by atoms with Crippen molar-refractivity contribution in [2.75, 3.05) is 7.11 Å². The Morgan fingerprint density at radius 1 is 1.11 bits per heavy atom. The topological polar surface area (TPSA) is 35.5 Å². The number of carbonyl (C=O) groups excluding carboxylic acids is 1. The molecule has 0 bridgehead atoms. The molecule has 2 aromatic rings. The zero-order valence-electron chi connectivity index (χ0n) is 11.1. The van der Waals surface area contributed by atoms with Crippen molar-refractivity contribution < 1.29 is 14.3 Å². The van der Waals surface area contributed by atoms with Crippen LogP contribution in [0.2, 0.25) is 0 Å². The van der Waals surface area contributed by atoms with Gasteiger partial charge in [-0.3, -0.25) is 0 Å². The minimum atomic E-state index is -0.336. The number of esters is 1. The van der Waals surface area contributed by atoms with Crippen molar-refractivity contribution in [3.8, 4) is 5.75 Å². The van der Waals surface area contributed by atoms with Crippen molar-refractivity contribution in [1.82, 2.24) is 0 Å². The maximum absolute atomic E-state index is 11.4. The van der Waals surface area contributed by atoms with Crippen molar-refractivity contribution in [3.63, 3.8) is 0 Å². The Hall–Kier alpha value is -2.29. The number of rotatable bonds is 4. The maximum Gasteiger partial charge on any atom is 0.337 e. The van der Waals surface area contributed by atoms with Gasteiger partial charge in [0, 0.05) is 0 Å². The third-order valence-corrected chi connectivity index (χ3v) is 2.77. The predicted octanol–water partition coefficient (Wildman–Crippen LogP) is 3.36. The summed E-state index contributed by atoms with van der Waals surface area (Å²) in [5, 5.41) is 0. The molecular formula is C16H16O3. The number of aryl methyl sites for hydroxylation is 1. The second-order valence-corrected chi connectivity index (χ2v) is 4.29. The molecule has 0 N–H and O–H groups in total. The van der Waals surface area contributed by atoms with Crippen LogP contribution in [0.15, 0.2) is 48.5 Å². The minimum absolute atomic E-state index is 0.336. The average Bonchev–Trinajstić information content (AvgIpc) is 2.46. The van der Waals surface area contributed by atoms with E-state index in [1.54, 1.807) is 12.1 Å². The first-order valence-corrected chi connectivity index (χ1v) is 6.06. The normalized spacial score (nSPS) is 10.0. The van der Waals surface area contributed by atoms with Crippen LogP contribution < -0.4 is 4.74 Å². The molecule has 0 saturated heterocycles. The quantitative estimate of drug-likeness (QED) is 0.787. The molecule has 0 saturated carbocycles. The van der Waals surface area contributed by atoms with E-state index in [4.69, 9.17) is 4.74 Å². The lowest BCUT2D eigenvalue weighted by molar-refractivity contribution is 0.0600. The molecule has 0 radical (unpaired) electrons. The van der Waals surface area contributed by atoms with E-state index in [1.165, 1.54) is 12.7 Å². The third-order valence-electron chi connectivity index (χ3n) is 2.77. The molecule has 2 rings (SSSR count). The molecule has 0 spiro atoms. The first-order chi connectivity index (χ1) is 9.19. The molecule has 3 nitrogen and oxygen atoms in total. The maximum atomic E-state index is 11.4. The van der Waals surface area contributed by atoms with Gasteiger partial charge in [-0.25, -0.2) is 4.79 Å². The van der Waals surface area contributed by atoms with E-state index in [1.807, 2.05) is 43.3 Å². The standard InChI is InChI=1S/C16H16O3/c1-12-6-8-15(9-7-12)19-11-13-4-3-5-14(10-13)16(17)18-2/h3-10H,11H2,1-2H3. The molecule has 0 unspecified atom stereocenters. The SMILES string of the molecule is COC(=O)c1cccc(COc2ccc(C)cc2)c1. The Morgan fingerprint density at radius 2 is 1.84 bits per heavy atom. The molecule has 0 aliphatic carbocycles. The number of hydrogen-bond donors (Lipinski definition) is 0. The fourth-order valence-corrected chi connectivity index (χ4v) is 1.71. The number of methoxy groups -OCH3 is 1. The fourth-order valence-electron chi connectivity index (χ4n) is 1.71. The molecule has 2 aromatic carbocycles. The van der Waals surface area contributed by atoms with Gasteiger partial charge in [-0.15, -0.1) is 0 Å². The van der Waals surface area contributed by atoms with E-state index < -0.39 is 0 Å². The van der Waals surface area contributed by atoms with Crippen molar-refractivity contribution in [1.29, 1.82) is 0 Å². The van der Waals surface area contributed by atoms with Gasteiger partial charge in [-0.05, 0) is 36.8 Å². The van der Waals surface area contributed by atoms with Crippen LogP contribution in [0.1, 0.15) is 21.5 Å². The van der Waals surface area contributed by atoms with Gasteiger partial charge in [-0.2, -0.15) is 0 Å². The highest BCUT2D eigenvalue weighted by Gasteiger charge is 2.05. The van der Waals surface area contributed by atoms with E-state index in [0.717, 1.165) is 11.3 Å². The summed E-state index contributed by atoms with van der Waals surface area (Å²) in [6.07, 6.45) is 0. The van der Waals surface area contributed by atoms with Gasteiger partial charge in [0.15, 0.2) is 0 Å². The van der Waals surface area contributed by atoms with E-state index in [0.29, 0.717) is 12.2 Å². The van der Waals surface area contributed by atoms with Crippen LogP contribution in [-0.2, 0) is 11.3 Å². The highest BCUT2D eigenvalue weighted by Crippen LogP contribution is 2.14. The minimum Gasteiger partial charge on any atom is -0.489 e. The summed E-state index contributed by atoms with van der Waals surface area (Å²) in [7, 11) is 1.37. The number of hydrogen-bond acceptors (Lipinski definition) is 3. The van der Waals surface area contributed by atoms with Gasteiger partial charge in [0.2, 0.25) is 0 Å². The van der Waals surface area contributed by atoms with Crippen LogP contribution in [0.25, 0.3) is 0 Å². The predicted molar refractivity (Wildman–Crippen MR) is 73.3 cm³/mol. The summed E-state index contributed by atoms with van der Waals surface area (Å²) in [5.41, 5.74) is 2.66. The molecular weight excluding hydrogens is 240 g/mol. The Kier molecular flexibility index (Phi) is 4.18. The summed E-state index contributed by atoms with van der Waals surface area (Å²) in [6, 6.07) is 15.1. The van der Waals surface area contributed by atoms with Gasteiger partial charge < -0.3 is 9.47 Å². The zero-order chi connectivity index (χ0) is 13.7. The van der Waals surface area contributed by atoms with Crippen molar-refractivity contribution in [2.24, 2.45) is 0 Å². The first kappa shape index (κ1) is 13.1. The number of benzene rings is 2. The molecule has 98 valence electrons. The van der Waals surface area contributed by atoms with Gasteiger partial charge in [0.25, 0.3) is 0 Å². The summed E-state index contributed by atoms with van der Waals surface area (Å²) < 4.78 is 10.4. The van der Waals surface area contributed by atoms with Gasteiger partial charge >= 0.3 is 5.97 Å². The first-order valence-electron chi connectivity index (χ1n) is 6.06. The second kappa shape index (κ2) is 6.05. The Balaban J connectivity index is 2.03. The zero-order valence-corrected chi connectivity index (χ0v) is 11.1. The highest BCUT2D eigenvalue weighted by molar-refractivity contribution is 5.89. The molecule has 3 heteroatoms. The van der Waals surface area contributed by atoms with E-state index in [9.17, 15) is 4.79 Å². The molecule has 0 aliphatic heterocycles. The van der Waals surface area contributed by atoms with E-state index in [2.05, 4.69) is 4.74 Å².